The minimum Gasteiger partial charge on any atom is -0.494 e. The van der Waals surface area contributed by atoms with Gasteiger partial charge in [0.1, 0.15) is 5.75 Å². The van der Waals surface area contributed by atoms with Crippen molar-refractivity contribution in [1.82, 2.24) is 0 Å². The monoisotopic (exact) mass is 337 g/mol. The molecule has 2 nitrogen and oxygen atoms in total. The molecule has 0 unspecified atom stereocenters. The van der Waals surface area contributed by atoms with Gasteiger partial charge in [-0.25, -0.2) is 0 Å². The van der Waals surface area contributed by atoms with Crippen molar-refractivity contribution >= 4 is 25.0 Å². The van der Waals surface area contributed by atoms with E-state index in [0.29, 0.717) is 6.61 Å². The molecule has 120 valence electrons. The Morgan fingerprint density at radius 1 is 0.955 bits per heavy atom. The van der Waals surface area contributed by atoms with Crippen molar-refractivity contribution in [2.45, 2.75) is 25.3 Å². The Morgan fingerprint density at radius 3 is 2.23 bits per heavy atom. The van der Waals surface area contributed by atoms with E-state index in [2.05, 4.69) is 49.0 Å². The zero-order valence-electron chi connectivity index (χ0n) is 12.7. The van der Waals surface area contributed by atoms with Gasteiger partial charge >= 0.3 is 0 Å². The van der Waals surface area contributed by atoms with Crippen LogP contribution in [0.3, 0.4) is 0 Å². The first kappa shape index (κ1) is 18.9. The molecule has 0 radical (unpaired) electrons. The van der Waals surface area contributed by atoms with Gasteiger partial charge < -0.3 is 10.5 Å². The van der Waals surface area contributed by atoms with E-state index in [-0.39, 0.29) is 18.4 Å². The van der Waals surface area contributed by atoms with Crippen LogP contribution in [0.15, 0.2) is 54.6 Å². The first-order valence-corrected chi connectivity index (χ1v) is 8.03. The highest BCUT2D eigenvalue weighted by Crippen LogP contribution is 2.15. The molecular weight excluding hydrogens is 314 g/mol. The lowest BCUT2D eigenvalue weighted by molar-refractivity contribution is 0.303. The van der Waals surface area contributed by atoms with Gasteiger partial charge in [-0.2, -0.15) is 12.6 Å². The predicted molar refractivity (Wildman–Crippen MR) is 99.5 cm³/mol. The largest absolute Gasteiger partial charge is 0.494 e. The van der Waals surface area contributed by atoms with Crippen molar-refractivity contribution in [2.75, 3.05) is 12.4 Å². The Kier molecular flexibility index (Phi) is 9.05. The summed E-state index contributed by atoms with van der Waals surface area (Å²) in [6.45, 7) is 0.708. The highest BCUT2D eigenvalue weighted by Gasteiger charge is 2.00. The number of nitrogens with two attached hydrogens (primary N) is 1. The van der Waals surface area contributed by atoms with Crippen LogP contribution in [-0.4, -0.2) is 18.4 Å². The quantitative estimate of drug-likeness (QED) is 0.561. The van der Waals surface area contributed by atoms with Gasteiger partial charge in [0.05, 0.1) is 6.61 Å². The zero-order valence-corrected chi connectivity index (χ0v) is 14.4. The third-order valence-electron chi connectivity index (χ3n) is 3.40. The van der Waals surface area contributed by atoms with Gasteiger partial charge in [0.2, 0.25) is 0 Å². The summed E-state index contributed by atoms with van der Waals surface area (Å²) in [5.41, 5.74) is 8.44. The molecule has 0 aliphatic heterocycles. The van der Waals surface area contributed by atoms with Crippen LogP contribution >= 0.6 is 25.0 Å². The molecule has 0 saturated heterocycles. The number of ether oxygens (including phenoxy) is 1. The van der Waals surface area contributed by atoms with Crippen LogP contribution in [0.5, 0.6) is 5.75 Å². The van der Waals surface area contributed by atoms with Crippen molar-refractivity contribution < 1.29 is 4.74 Å². The molecule has 0 bridgehead atoms. The number of benzene rings is 2. The van der Waals surface area contributed by atoms with Crippen molar-refractivity contribution in [3.05, 3.63) is 65.7 Å². The van der Waals surface area contributed by atoms with E-state index in [1.165, 1.54) is 11.1 Å². The Bertz CT molecular complexity index is 518. The third-order valence-corrected chi connectivity index (χ3v) is 3.87. The van der Waals surface area contributed by atoms with Crippen LogP contribution in [0.2, 0.25) is 0 Å². The number of hydrogen-bond donors (Lipinski definition) is 2. The van der Waals surface area contributed by atoms with E-state index in [9.17, 15) is 0 Å². The summed E-state index contributed by atoms with van der Waals surface area (Å²) in [6, 6.07) is 19.0. The Hall–Kier alpha value is -1.16. The summed E-state index contributed by atoms with van der Waals surface area (Å²) in [4.78, 5) is 0. The van der Waals surface area contributed by atoms with Crippen LogP contribution in [-0.2, 0) is 6.42 Å². The Morgan fingerprint density at radius 2 is 1.59 bits per heavy atom. The molecule has 22 heavy (non-hydrogen) atoms. The van der Waals surface area contributed by atoms with Crippen molar-refractivity contribution in [2.24, 2.45) is 5.73 Å². The topological polar surface area (TPSA) is 35.2 Å². The molecule has 0 aromatic heterocycles. The van der Waals surface area contributed by atoms with E-state index in [0.717, 1.165) is 30.8 Å². The number of hydrogen-bond acceptors (Lipinski definition) is 3. The highest BCUT2D eigenvalue weighted by atomic mass is 35.5. The SMILES string of the molecule is Cl.N[C@@H](CS)CCCOc1ccc(Cc2ccccc2)cc1. The fraction of sp³-hybridized carbons (Fsp3) is 0.333. The van der Waals surface area contributed by atoms with Gasteiger partial charge in [-0.15, -0.1) is 12.4 Å². The number of rotatable bonds is 8. The Labute approximate surface area is 144 Å². The molecule has 0 aliphatic carbocycles. The summed E-state index contributed by atoms with van der Waals surface area (Å²) >= 11 is 4.17. The van der Waals surface area contributed by atoms with Crippen LogP contribution in [0, 0.1) is 0 Å². The maximum absolute atomic E-state index is 5.81. The van der Waals surface area contributed by atoms with E-state index >= 15 is 0 Å². The first-order valence-electron chi connectivity index (χ1n) is 7.40. The van der Waals surface area contributed by atoms with Crippen molar-refractivity contribution in [3.8, 4) is 5.75 Å². The summed E-state index contributed by atoms with van der Waals surface area (Å²) < 4.78 is 5.73. The average Bonchev–Trinajstić information content (AvgIpc) is 2.54. The second kappa shape index (κ2) is 10.5. The molecular formula is C18H24ClNOS. The minimum atomic E-state index is 0. The molecule has 0 heterocycles. The smallest absolute Gasteiger partial charge is 0.119 e. The highest BCUT2D eigenvalue weighted by molar-refractivity contribution is 7.80. The molecule has 0 saturated carbocycles. The van der Waals surface area contributed by atoms with Gasteiger partial charge in [0.25, 0.3) is 0 Å². The van der Waals surface area contributed by atoms with Crippen LogP contribution in [0.4, 0.5) is 0 Å². The maximum Gasteiger partial charge on any atom is 0.119 e. The third kappa shape index (κ3) is 6.73. The molecule has 0 aliphatic rings. The molecule has 2 aromatic rings. The van der Waals surface area contributed by atoms with E-state index < -0.39 is 0 Å². The zero-order chi connectivity index (χ0) is 14.9. The Balaban J connectivity index is 0.00000242. The second-order valence-electron chi connectivity index (χ2n) is 5.24. The predicted octanol–water partition coefficient (Wildman–Crippen LogP) is 4.12. The average molecular weight is 338 g/mol. The van der Waals surface area contributed by atoms with E-state index in [1.807, 2.05) is 18.2 Å². The number of halogens is 1. The summed E-state index contributed by atoms with van der Waals surface area (Å²) in [5.74, 6) is 1.65. The lowest BCUT2D eigenvalue weighted by atomic mass is 10.1. The van der Waals surface area contributed by atoms with E-state index in [4.69, 9.17) is 10.5 Å². The van der Waals surface area contributed by atoms with Crippen LogP contribution in [0.25, 0.3) is 0 Å². The van der Waals surface area contributed by atoms with Gasteiger partial charge in [0, 0.05) is 11.8 Å². The molecule has 1 atom stereocenters. The van der Waals surface area contributed by atoms with Crippen LogP contribution in [0.1, 0.15) is 24.0 Å². The van der Waals surface area contributed by atoms with Crippen molar-refractivity contribution in [3.63, 3.8) is 0 Å². The minimum absolute atomic E-state index is 0. The molecule has 0 amide bonds. The number of thiol groups is 1. The summed E-state index contributed by atoms with van der Waals surface area (Å²) in [6.07, 6.45) is 2.88. The van der Waals surface area contributed by atoms with Gasteiger partial charge in [0.15, 0.2) is 0 Å². The normalized spacial score (nSPS) is 11.5. The fourth-order valence-corrected chi connectivity index (χ4v) is 2.34. The molecule has 0 fully saturated rings. The fourth-order valence-electron chi connectivity index (χ4n) is 2.16. The summed E-state index contributed by atoms with van der Waals surface area (Å²) in [5, 5.41) is 0. The second-order valence-corrected chi connectivity index (χ2v) is 5.60. The standard InChI is InChI=1S/C18H23NOS.ClH/c19-17(14-21)7-4-12-20-18-10-8-16(9-11-18)13-15-5-2-1-3-6-15;/h1-3,5-6,8-11,17,21H,4,7,12-14,19H2;1H/t17-;/m1./s1. The molecule has 0 spiro atoms. The maximum atomic E-state index is 5.81. The first-order chi connectivity index (χ1) is 10.3. The van der Waals surface area contributed by atoms with Gasteiger partial charge in [-0.1, -0.05) is 42.5 Å². The van der Waals surface area contributed by atoms with Crippen LogP contribution < -0.4 is 10.5 Å². The van der Waals surface area contributed by atoms with E-state index in [1.54, 1.807) is 0 Å². The lowest BCUT2D eigenvalue weighted by Gasteiger charge is -2.10. The van der Waals surface area contributed by atoms with Gasteiger partial charge in [-0.3, -0.25) is 0 Å². The molecule has 2 aromatic carbocycles. The molecule has 4 heteroatoms. The molecule has 2 N–H and O–H groups in total. The van der Waals surface area contributed by atoms with Gasteiger partial charge in [-0.05, 0) is 42.5 Å². The van der Waals surface area contributed by atoms with Crippen molar-refractivity contribution in [1.29, 1.82) is 0 Å². The summed E-state index contributed by atoms with van der Waals surface area (Å²) in [7, 11) is 0. The molecule has 2 rings (SSSR count). The lowest BCUT2D eigenvalue weighted by Crippen LogP contribution is -2.22.